The second-order valence-electron chi connectivity index (χ2n) is 13.9. The molecule has 2 unspecified atom stereocenters. The molecule has 5 rings (SSSR count). The first-order valence-electron chi connectivity index (χ1n) is 15.4. The largest absolute Gasteiger partial charge is 0.393 e. The zero-order valence-corrected chi connectivity index (χ0v) is 24.8. The van der Waals surface area contributed by atoms with Gasteiger partial charge >= 0.3 is 0 Å². The van der Waals surface area contributed by atoms with E-state index in [2.05, 4.69) is 26.8 Å². The number of aliphatic hydroxyl groups excluding tert-OH is 1. The van der Waals surface area contributed by atoms with Crippen molar-refractivity contribution in [2.75, 3.05) is 0 Å². The Labute approximate surface area is 231 Å². The van der Waals surface area contributed by atoms with Crippen molar-refractivity contribution in [2.45, 2.75) is 120 Å². The Morgan fingerprint density at radius 2 is 1.74 bits per heavy atom. The lowest BCUT2D eigenvalue weighted by Crippen LogP contribution is -2.48. The highest BCUT2D eigenvalue weighted by molar-refractivity contribution is 7.92. The van der Waals surface area contributed by atoms with E-state index in [1.807, 2.05) is 6.07 Å². The van der Waals surface area contributed by atoms with Gasteiger partial charge in [-0.15, -0.1) is 0 Å². The maximum absolute atomic E-state index is 13.6. The predicted molar refractivity (Wildman–Crippen MR) is 153 cm³/mol. The number of sulfone groups is 1. The van der Waals surface area contributed by atoms with E-state index in [1.54, 1.807) is 36.8 Å². The van der Waals surface area contributed by atoms with Gasteiger partial charge in [0.15, 0.2) is 9.84 Å². The number of benzene rings is 1. The molecule has 4 aliphatic carbocycles. The van der Waals surface area contributed by atoms with Crippen LogP contribution in [-0.4, -0.2) is 35.6 Å². The van der Waals surface area contributed by atoms with Gasteiger partial charge in [-0.3, -0.25) is 0 Å². The summed E-state index contributed by atoms with van der Waals surface area (Å²) in [4.78, 5) is 0.376. The Balaban J connectivity index is 1.33. The molecule has 4 nitrogen and oxygen atoms in total. The van der Waals surface area contributed by atoms with E-state index in [0.717, 1.165) is 43.9 Å². The van der Waals surface area contributed by atoms with E-state index in [-0.39, 0.29) is 5.41 Å². The van der Waals surface area contributed by atoms with Crippen LogP contribution in [0.15, 0.2) is 46.9 Å². The van der Waals surface area contributed by atoms with Gasteiger partial charge in [0.2, 0.25) is 0 Å². The van der Waals surface area contributed by atoms with Crippen LogP contribution in [0.3, 0.4) is 0 Å². The molecule has 38 heavy (non-hydrogen) atoms. The first kappa shape index (κ1) is 28.4. The van der Waals surface area contributed by atoms with E-state index in [1.165, 1.54) is 25.7 Å². The topological polar surface area (TPSA) is 74.6 Å². The van der Waals surface area contributed by atoms with Crippen molar-refractivity contribution in [1.29, 1.82) is 0 Å². The smallest absolute Gasteiger partial charge is 0.181 e. The minimum Gasteiger partial charge on any atom is -0.393 e. The predicted octanol–water partition coefficient (Wildman–Crippen LogP) is 6.96. The van der Waals surface area contributed by atoms with Gasteiger partial charge in [0.05, 0.1) is 21.9 Å². The van der Waals surface area contributed by atoms with Crippen LogP contribution < -0.4 is 0 Å². The molecule has 4 aliphatic rings. The summed E-state index contributed by atoms with van der Waals surface area (Å²) in [7, 11) is -3.50. The maximum Gasteiger partial charge on any atom is 0.181 e. The minimum absolute atomic E-state index is 0.261. The van der Waals surface area contributed by atoms with Crippen molar-refractivity contribution < 1.29 is 18.6 Å². The zero-order chi connectivity index (χ0) is 27.3. The monoisotopic (exact) mass is 542 g/mol. The molecule has 0 radical (unpaired) electrons. The van der Waals surface area contributed by atoms with Gasteiger partial charge in [-0.1, -0.05) is 50.6 Å². The van der Waals surface area contributed by atoms with Gasteiger partial charge in [-0.2, -0.15) is 0 Å². The van der Waals surface area contributed by atoms with Crippen molar-refractivity contribution in [1.82, 2.24) is 0 Å². The fourth-order valence-electron chi connectivity index (χ4n) is 9.75. The molecular weight excluding hydrogens is 492 g/mol. The van der Waals surface area contributed by atoms with E-state index in [9.17, 15) is 18.6 Å². The molecule has 5 heteroatoms. The Bertz CT molecular complexity index is 1110. The Morgan fingerprint density at radius 3 is 2.42 bits per heavy atom. The van der Waals surface area contributed by atoms with Crippen molar-refractivity contribution in [3.8, 4) is 0 Å². The van der Waals surface area contributed by atoms with Gasteiger partial charge in [0, 0.05) is 0 Å². The third-order valence-electron chi connectivity index (χ3n) is 11.8. The fourth-order valence-corrected chi connectivity index (χ4v) is 11.8. The summed E-state index contributed by atoms with van der Waals surface area (Å²) in [6.07, 6.45) is 12.7. The van der Waals surface area contributed by atoms with Gasteiger partial charge < -0.3 is 10.2 Å². The standard InChI is InChI=1S/C33H50O4S/c1-5-33(35)18-16-27-24(21-33)11-12-29-28(27)15-17-32(4)30(13-14-31(29)32)22(2)19-26(20-23(3)34)38(36,37)25-9-7-6-8-10-25/h6-11,22-23,26-31,34-35H,5,12-21H2,1-4H3/t22-,23-,26?,27+,28?,29-,30-,31+,32-,33+/m1/s1. The van der Waals surface area contributed by atoms with Crippen molar-refractivity contribution in [3.05, 3.63) is 42.0 Å². The third kappa shape index (κ3) is 5.05. The minimum atomic E-state index is -3.50. The summed E-state index contributed by atoms with van der Waals surface area (Å²) >= 11 is 0. The highest BCUT2D eigenvalue weighted by atomic mass is 32.2. The quantitative estimate of drug-likeness (QED) is 0.348. The number of hydrogen-bond donors (Lipinski definition) is 2. The highest BCUT2D eigenvalue weighted by Crippen LogP contribution is 2.65. The van der Waals surface area contributed by atoms with Crippen LogP contribution in [0, 0.1) is 40.9 Å². The first-order chi connectivity index (χ1) is 18.0. The van der Waals surface area contributed by atoms with Gasteiger partial charge in [-0.05, 0) is 131 Å². The molecule has 3 saturated carbocycles. The molecule has 2 N–H and O–H groups in total. The summed E-state index contributed by atoms with van der Waals surface area (Å²) in [5.74, 6) is 3.68. The molecule has 0 bridgehead atoms. The van der Waals surface area contributed by atoms with Gasteiger partial charge in [0.25, 0.3) is 0 Å². The molecule has 3 fully saturated rings. The number of aliphatic hydroxyl groups is 2. The lowest BCUT2D eigenvalue weighted by molar-refractivity contribution is -0.0460. The molecule has 0 amide bonds. The SMILES string of the molecule is CC[C@]1(O)CC[C@H]2C(=CC[C@@H]3C2CC[C@]2(C)[C@@H]([C@H](C)CC(C[C@@H](C)O)S(=O)(=O)c4ccccc4)CC[C@@H]32)C1. The summed E-state index contributed by atoms with van der Waals surface area (Å²) < 4.78 is 27.3. The summed E-state index contributed by atoms with van der Waals surface area (Å²) in [6.45, 7) is 8.64. The average Bonchev–Trinajstić information content (AvgIpc) is 3.25. The van der Waals surface area contributed by atoms with E-state index in [4.69, 9.17) is 0 Å². The normalized spacial score (nSPS) is 39.3. The molecule has 0 spiro atoms. The molecule has 10 atom stereocenters. The average molecular weight is 543 g/mol. The van der Waals surface area contributed by atoms with E-state index in [0.29, 0.717) is 41.4 Å². The molecular formula is C33H50O4S. The Kier molecular flexibility index (Phi) is 7.96. The lowest BCUT2D eigenvalue weighted by Gasteiger charge is -2.55. The van der Waals surface area contributed by atoms with Crippen LogP contribution in [0.4, 0.5) is 0 Å². The molecule has 1 aromatic carbocycles. The Morgan fingerprint density at radius 1 is 1.00 bits per heavy atom. The third-order valence-corrected chi connectivity index (χ3v) is 14.0. The maximum atomic E-state index is 13.6. The van der Waals surface area contributed by atoms with Crippen LogP contribution >= 0.6 is 0 Å². The van der Waals surface area contributed by atoms with Crippen LogP contribution in [0.5, 0.6) is 0 Å². The second kappa shape index (κ2) is 10.7. The molecule has 212 valence electrons. The molecule has 0 aliphatic heterocycles. The van der Waals surface area contributed by atoms with Crippen LogP contribution in [0.25, 0.3) is 0 Å². The molecule has 0 heterocycles. The molecule has 1 aromatic rings. The fraction of sp³-hybridized carbons (Fsp3) is 0.758. The summed E-state index contributed by atoms with van der Waals surface area (Å²) in [6, 6.07) is 8.81. The van der Waals surface area contributed by atoms with Crippen LogP contribution in [-0.2, 0) is 9.84 Å². The van der Waals surface area contributed by atoms with E-state index < -0.39 is 26.8 Å². The molecule has 0 saturated heterocycles. The number of allylic oxidation sites excluding steroid dienone is 1. The zero-order valence-electron chi connectivity index (χ0n) is 24.0. The number of rotatable bonds is 8. The second-order valence-corrected chi connectivity index (χ2v) is 16.1. The van der Waals surface area contributed by atoms with Crippen molar-refractivity contribution >= 4 is 9.84 Å². The highest BCUT2D eigenvalue weighted by Gasteiger charge is 2.57. The first-order valence-corrected chi connectivity index (χ1v) is 16.9. The molecule has 0 aromatic heterocycles. The number of fused-ring (bicyclic) bond motifs is 5. The number of hydrogen-bond acceptors (Lipinski definition) is 4. The summed E-state index contributed by atoms with van der Waals surface area (Å²) in [5, 5.41) is 20.6. The van der Waals surface area contributed by atoms with E-state index >= 15 is 0 Å². The van der Waals surface area contributed by atoms with Gasteiger partial charge in [-0.25, -0.2) is 8.42 Å². The van der Waals surface area contributed by atoms with Crippen molar-refractivity contribution in [2.24, 2.45) is 40.9 Å². The Hall–Kier alpha value is -1.17. The van der Waals surface area contributed by atoms with Crippen LogP contribution in [0.2, 0.25) is 0 Å². The van der Waals surface area contributed by atoms with Gasteiger partial charge in [0.1, 0.15) is 0 Å². The van der Waals surface area contributed by atoms with Crippen LogP contribution in [0.1, 0.15) is 98.3 Å². The van der Waals surface area contributed by atoms with Crippen molar-refractivity contribution in [3.63, 3.8) is 0 Å². The lowest BCUT2D eigenvalue weighted by atomic mass is 9.50. The summed E-state index contributed by atoms with van der Waals surface area (Å²) in [5.41, 5.74) is 1.31.